The first kappa shape index (κ1) is 15.8. The predicted octanol–water partition coefficient (Wildman–Crippen LogP) is 3.47. The van der Waals surface area contributed by atoms with Gasteiger partial charge in [-0.2, -0.15) is 0 Å². The topological polar surface area (TPSA) is 41.1 Å². The number of benzene rings is 1. The molecule has 4 heteroatoms. The van der Waals surface area contributed by atoms with Crippen molar-refractivity contribution >= 4 is 17.5 Å². The van der Waals surface area contributed by atoms with Gasteiger partial charge in [0.2, 0.25) is 5.91 Å². The molecule has 1 aliphatic carbocycles. The van der Waals surface area contributed by atoms with E-state index in [1.54, 1.807) is 0 Å². The van der Waals surface area contributed by atoms with Gasteiger partial charge < -0.3 is 10.6 Å². The minimum atomic E-state index is -0.157. The first-order chi connectivity index (χ1) is 10.6. The zero-order chi connectivity index (χ0) is 15.6. The van der Waals surface area contributed by atoms with Crippen LogP contribution in [-0.4, -0.2) is 19.0 Å². The molecule has 2 aliphatic rings. The quantitative estimate of drug-likeness (QED) is 0.872. The van der Waals surface area contributed by atoms with Crippen molar-refractivity contribution in [3.8, 4) is 0 Å². The molecule has 1 amide bonds. The molecule has 1 saturated heterocycles. The highest BCUT2D eigenvalue weighted by molar-refractivity contribution is 6.30. The molecular weight excluding hydrogens is 296 g/mol. The molecule has 3 rings (SSSR count). The number of hydrogen-bond donors (Lipinski definition) is 2. The highest BCUT2D eigenvalue weighted by Gasteiger charge is 2.45. The van der Waals surface area contributed by atoms with Crippen LogP contribution in [0.4, 0.5) is 0 Å². The van der Waals surface area contributed by atoms with Crippen molar-refractivity contribution in [3.05, 3.63) is 34.9 Å². The molecule has 120 valence electrons. The van der Waals surface area contributed by atoms with Gasteiger partial charge in [0.25, 0.3) is 0 Å². The highest BCUT2D eigenvalue weighted by Crippen LogP contribution is 2.46. The SMILES string of the molecule is CC(CC(=O)NC1(c2cccc(Cl)c2)CC1)C1CCNCC1. The molecular formula is C18H25ClN2O. The van der Waals surface area contributed by atoms with E-state index in [0.29, 0.717) is 18.3 Å². The molecule has 1 saturated carbocycles. The van der Waals surface area contributed by atoms with Crippen LogP contribution in [0.25, 0.3) is 0 Å². The molecule has 0 aromatic heterocycles. The van der Waals surface area contributed by atoms with Gasteiger partial charge in [0.1, 0.15) is 0 Å². The first-order valence-corrected chi connectivity index (χ1v) is 8.75. The van der Waals surface area contributed by atoms with Crippen LogP contribution in [0.3, 0.4) is 0 Å². The Morgan fingerprint density at radius 3 is 2.77 bits per heavy atom. The standard InChI is InChI=1S/C18H25ClN2O/c1-13(14-5-9-20-10-6-14)11-17(22)21-18(7-8-18)15-3-2-4-16(19)12-15/h2-4,12-14,20H,5-11H2,1H3,(H,21,22). The summed E-state index contributed by atoms with van der Waals surface area (Å²) in [5.74, 6) is 1.31. The van der Waals surface area contributed by atoms with Gasteiger partial charge in [-0.05, 0) is 68.3 Å². The van der Waals surface area contributed by atoms with Gasteiger partial charge in [-0.15, -0.1) is 0 Å². The van der Waals surface area contributed by atoms with Crippen molar-refractivity contribution in [2.24, 2.45) is 11.8 Å². The number of carbonyl (C=O) groups excluding carboxylic acids is 1. The second kappa shape index (κ2) is 6.59. The third-order valence-electron chi connectivity index (χ3n) is 5.20. The van der Waals surface area contributed by atoms with Crippen molar-refractivity contribution in [1.82, 2.24) is 10.6 Å². The maximum absolute atomic E-state index is 12.5. The third-order valence-corrected chi connectivity index (χ3v) is 5.44. The lowest BCUT2D eigenvalue weighted by Crippen LogP contribution is -2.37. The van der Waals surface area contributed by atoms with E-state index in [1.807, 2.05) is 18.2 Å². The lowest BCUT2D eigenvalue weighted by molar-refractivity contribution is -0.123. The largest absolute Gasteiger partial charge is 0.347 e. The van der Waals surface area contributed by atoms with E-state index in [4.69, 9.17) is 11.6 Å². The maximum atomic E-state index is 12.5. The number of halogens is 1. The summed E-state index contributed by atoms with van der Waals surface area (Å²) in [6.07, 6.45) is 5.04. The van der Waals surface area contributed by atoms with E-state index in [2.05, 4.69) is 23.6 Å². The van der Waals surface area contributed by atoms with Crippen molar-refractivity contribution in [3.63, 3.8) is 0 Å². The number of nitrogens with one attached hydrogen (secondary N) is 2. The Labute approximate surface area is 137 Å². The molecule has 2 fully saturated rings. The van der Waals surface area contributed by atoms with Gasteiger partial charge in [0.15, 0.2) is 0 Å². The first-order valence-electron chi connectivity index (χ1n) is 8.37. The molecule has 1 heterocycles. The number of amides is 1. The fourth-order valence-corrected chi connectivity index (χ4v) is 3.78. The Kier molecular flexibility index (Phi) is 4.74. The Morgan fingerprint density at radius 2 is 2.14 bits per heavy atom. The summed E-state index contributed by atoms with van der Waals surface area (Å²) in [5.41, 5.74) is 0.985. The van der Waals surface area contributed by atoms with Crippen LogP contribution >= 0.6 is 11.6 Å². The molecule has 1 aromatic rings. The van der Waals surface area contributed by atoms with Gasteiger partial charge in [0.05, 0.1) is 5.54 Å². The molecule has 0 spiro atoms. The van der Waals surface area contributed by atoms with Gasteiger partial charge in [-0.25, -0.2) is 0 Å². The van der Waals surface area contributed by atoms with E-state index in [9.17, 15) is 4.79 Å². The summed E-state index contributed by atoms with van der Waals surface area (Å²) < 4.78 is 0. The zero-order valence-corrected chi connectivity index (χ0v) is 14.0. The summed E-state index contributed by atoms with van der Waals surface area (Å²) in [7, 11) is 0. The van der Waals surface area contributed by atoms with Gasteiger partial charge in [-0.3, -0.25) is 4.79 Å². The molecule has 2 N–H and O–H groups in total. The predicted molar refractivity (Wildman–Crippen MR) is 89.9 cm³/mol. The van der Waals surface area contributed by atoms with Crippen LogP contribution in [0.15, 0.2) is 24.3 Å². The molecule has 3 nitrogen and oxygen atoms in total. The maximum Gasteiger partial charge on any atom is 0.220 e. The average molecular weight is 321 g/mol. The molecule has 22 heavy (non-hydrogen) atoms. The fourth-order valence-electron chi connectivity index (χ4n) is 3.59. The summed E-state index contributed by atoms with van der Waals surface area (Å²) in [4.78, 5) is 12.5. The van der Waals surface area contributed by atoms with Crippen molar-refractivity contribution in [1.29, 1.82) is 0 Å². The summed E-state index contributed by atoms with van der Waals surface area (Å²) >= 11 is 6.08. The van der Waals surface area contributed by atoms with E-state index in [1.165, 1.54) is 12.8 Å². The molecule has 0 radical (unpaired) electrons. The van der Waals surface area contributed by atoms with Crippen LogP contribution < -0.4 is 10.6 Å². The third kappa shape index (κ3) is 3.64. The monoisotopic (exact) mass is 320 g/mol. The van der Waals surface area contributed by atoms with Crippen molar-refractivity contribution in [2.45, 2.75) is 44.6 Å². The Bertz CT molecular complexity index is 536. The summed E-state index contributed by atoms with van der Waals surface area (Å²) in [6, 6.07) is 7.88. The van der Waals surface area contributed by atoms with E-state index in [0.717, 1.165) is 36.5 Å². The van der Waals surface area contributed by atoms with Crippen molar-refractivity contribution < 1.29 is 4.79 Å². The van der Waals surface area contributed by atoms with Gasteiger partial charge in [-0.1, -0.05) is 30.7 Å². The van der Waals surface area contributed by atoms with Gasteiger partial charge in [0, 0.05) is 11.4 Å². The van der Waals surface area contributed by atoms with Gasteiger partial charge >= 0.3 is 0 Å². The van der Waals surface area contributed by atoms with Crippen LogP contribution in [0, 0.1) is 11.8 Å². The zero-order valence-electron chi connectivity index (χ0n) is 13.2. The van der Waals surface area contributed by atoms with Crippen LogP contribution in [0.5, 0.6) is 0 Å². The Morgan fingerprint density at radius 1 is 1.41 bits per heavy atom. The number of rotatable bonds is 5. The van der Waals surface area contributed by atoms with E-state index in [-0.39, 0.29) is 11.4 Å². The van der Waals surface area contributed by atoms with E-state index < -0.39 is 0 Å². The van der Waals surface area contributed by atoms with Crippen LogP contribution in [0.1, 0.15) is 44.6 Å². The van der Waals surface area contributed by atoms with E-state index >= 15 is 0 Å². The number of carbonyl (C=O) groups is 1. The molecule has 0 bridgehead atoms. The van der Waals surface area contributed by atoms with Crippen molar-refractivity contribution in [2.75, 3.05) is 13.1 Å². The molecule has 1 aromatic carbocycles. The minimum absolute atomic E-state index is 0.157. The number of piperidine rings is 1. The smallest absolute Gasteiger partial charge is 0.220 e. The Balaban J connectivity index is 1.57. The lowest BCUT2D eigenvalue weighted by Gasteiger charge is -2.28. The minimum Gasteiger partial charge on any atom is -0.347 e. The average Bonchev–Trinajstić information content (AvgIpc) is 3.29. The summed E-state index contributed by atoms with van der Waals surface area (Å²) in [6.45, 7) is 4.39. The Hall–Kier alpha value is -1.06. The second-order valence-electron chi connectivity index (χ2n) is 6.91. The summed E-state index contributed by atoms with van der Waals surface area (Å²) in [5, 5.41) is 7.39. The fraction of sp³-hybridized carbons (Fsp3) is 0.611. The molecule has 1 atom stereocenters. The number of hydrogen-bond acceptors (Lipinski definition) is 2. The normalized spacial score (nSPS) is 22.1. The lowest BCUT2D eigenvalue weighted by atomic mass is 9.84. The highest BCUT2D eigenvalue weighted by atomic mass is 35.5. The molecule has 1 unspecified atom stereocenters. The van der Waals surface area contributed by atoms with Crippen LogP contribution in [-0.2, 0) is 10.3 Å². The van der Waals surface area contributed by atoms with Crippen LogP contribution in [0.2, 0.25) is 5.02 Å². The molecule has 1 aliphatic heterocycles. The second-order valence-corrected chi connectivity index (χ2v) is 7.35.